The largest absolute Gasteiger partial charge is 0.349 e. The second kappa shape index (κ2) is 6.96. The maximum atomic E-state index is 12.2. The fourth-order valence-corrected chi connectivity index (χ4v) is 2.99. The molecule has 23 heavy (non-hydrogen) atoms. The van der Waals surface area contributed by atoms with Crippen LogP contribution in [0.3, 0.4) is 0 Å². The Labute approximate surface area is 137 Å². The monoisotopic (exact) mass is 331 g/mol. The predicted molar refractivity (Wildman–Crippen MR) is 91.0 cm³/mol. The van der Waals surface area contributed by atoms with Crippen molar-refractivity contribution in [1.29, 1.82) is 0 Å². The molecular weight excluding hydrogens is 310 g/mol. The Hall–Kier alpha value is -2.14. The summed E-state index contributed by atoms with van der Waals surface area (Å²) in [6.45, 7) is 3.86. The number of benzene rings is 2. The van der Waals surface area contributed by atoms with Crippen LogP contribution in [0.5, 0.6) is 0 Å². The lowest BCUT2D eigenvalue weighted by atomic mass is 10.0. The lowest BCUT2D eigenvalue weighted by Gasteiger charge is -2.15. The van der Waals surface area contributed by atoms with Crippen molar-refractivity contribution < 1.29 is 13.2 Å². The molecule has 1 unspecified atom stereocenters. The number of aryl methyl sites for hydroxylation is 1. The van der Waals surface area contributed by atoms with Crippen LogP contribution >= 0.6 is 0 Å². The molecular formula is C18H21NO3S. The van der Waals surface area contributed by atoms with Gasteiger partial charge in [-0.2, -0.15) is 0 Å². The number of hydrogen-bond donors (Lipinski definition) is 1. The summed E-state index contributed by atoms with van der Waals surface area (Å²) in [5.41, 5.74) is 2.97. The van der Waals surface area contributed by atoms with Gasteiger partial charge in [0.05, 0.1) is 17.4 Å². The molecule has 5 heteroatoms. The first kappa shape index (κ1) is 17.2. The number of hydrogen-bond acceptors (Lipinski definition) is 3. The number of carbonyl (C=O) groups is 1. The van der Waals surface area contributed by atoms with Crippen LogP contribution in [-0.2, 0) is 21.1 Å². The van der Waals surface area contributed by atoms with E-state index in [-0.39, 0.29) is 16.8 Å². The minimum atomic E-state index is -3.20. The van der Waals surface area contributed by atoms with Crippen molar-refractivity contribution >= 4 is 15.7 Å². The van der Waals surface area contributed by atoms with E-state index in [4.69, 9.17) is 0 Å². The van der Waals surface area contributed by atoms with Gasteiger partial charge in [-0.3, -0.25) is 4.79 Å². The number of sulfone groups is 1. The van der Waals surface area contributed by atoms with Crippen molar-refractivity contribution in [2.24, 2.45) is 0 Å². The zero-order valence-corrected chi connectivity index (χ0v) is 14.4. The minimum Gasteiger partial charge on any atom is -0.349 e. The van der Waals surface area contributed by atoms with Gasteiger partial charge in [-0.25, -0.2) is 8.42 Å². The Balaban J connectivity index is 2.02. The molecule has 2 rings (SSSR count). The highest BCUT2D eigenvalue weighted by molar-refractivity contribution is 7.90. The topological polar surface area (TPSA) is 63.2 Å². The molecule has 0 radical (unpaired) electrons. The van der Waals surface area contributed by atoms with Crippen LogP contribution in [0.25, 0.3) is 0 Å². The first-order chi connectivity index (χ1) is 10.8. The zero-order chi connectivity index (χ0) is 17.0. The van der Waals surface area contributed by atoms with Crippen LogP contribution in [0, 0.1) is 6.92 Å². The normalized spacial score (nSPS) is 12.7. The summed E-state index contributed by atoms with van der Waals surface area (Å²) in [6, 6.07) is 14.2. The van der Waals surface area contributed by atoms with E-state index in [2.05, 4.69) is 5.32 Å². The van der Waals surface area contributed by atoms with Crippen LogP contribution in [0.4, 0.5) is 0 Å². The molecule has 0 aliphatic heterocycles. The van der Waals surface area contributed by atoms with E-state index in [0.717, 1.165) is 16.7 Å². The van der Waals surface area contributed by atoms with E-state index in [9.17, 15) is 13.2 Å². The molecule has 0 fully saturated rings. The SMILES string of the molecule is Cc1ccccc1CC(=O)NC(C)c1ccc(S(C)(=O)=O)cc1. The second-order valence-corrected chi connectivity index (χ2v) is 7.75. The minimum absolute atomic E-state index is 0.0565. The van der Waals surface area contributed by atoms with E-state index in [0.29, 0.717) is 6.42 Å². The van der Waals surface area contributed by atoms with Gasteiger partial charge in [0, 0.05) is 6.26 Å². The third-order valence-corrected chi connectivity index (χ3v) is 4.93. The van der Waals surface area contributed by atoms with Crippen LogP contribution in [0.1, 0.15) is 29.7 Å². The van der Waals surface area contributed by atoms with Gasteiger partial charge in [0.2, 0.25) is 5.91 Å². The Morgan fingerprint density at radius 2 is 1.70 bits per heavy atom. The number of nitrogens with one attached hydrogen (secondary N) is 1. The summed E-state index contributed by atoms with van der Waals surface area (Å²) < 4.78 is 22.9. The van der Waals surface area contributed by atoms with E-state index in [1.165, 1.54) is 6.26 Å². The fourth-order valence-electron chi connectivity index (χ4n) is 2.36. The molecule has 0 saturated heterocycles. The summed E-state index contributed by atoms with van der Waals surface area (Å²) >= 11 is 0. The van der Waals surface area contributed by atoms with Gasteiger partial charge in [-0.05, 0) is 42.7 Å². The molecule has 0 aliphatic carbocycles. The summed E-state index contributed by atoms with van der Waals surface area (Å²) in [5, 5.41) is 2.94. The fraction of sp³-hybridized carbons (Fsp3) is 0.278. The number of carbonyl (C=O) groups excluding carboxylic acids is 1. The van der Waals surface area contributed by atoms with E-state index in [1.54, 1.807) is 24.3 Å². The van der Waals surface area contributed by atoms with E-state index < -0.39 is 9.84 Å². The molecule has 1 N–H and O–H groups in total. The smallest absolute Gasteiger partial charge is 0.224 e. The summed E-state index contributed by atoms with van der Waals surface area (Å²) in [6.07, 6.45) is 1.51. The molecule has 1 amide bonds. The molecule has 0 aromatic heterocycles. The van der Waals surface area contributed by atoms with Crippen molar-refractivity contribution in [3.05, 3.63) is 65.2 Å². The van der Waals surface area contributed by atoms with Crippen LogP contribution < -0.4 is 5.32 Å². The predicted octanol–water partition coefficient (Wildman–Crippen LogP) is 2.82. The van der Waals surface area contributed by atoms with Crippen LogP contribution in [0.15, 0.2) is 53.4 Å². The molecule has 0 bridgehead atoms. The van der Waals surface area contributed by atoms with Gasteiger partial charge in [-0.1, -0.05) is 36.4 Å². The molecule has 0 heterocycles. The average molecular weight is 331 g/mol. The highest BCUT2D eigenvalue weighted by atomic mass is 32.2. The molecule has 2 aromatic rings. The van der Waals surface area contributed by atoms with Gasteiger partial charge >= 0.3 is 0 Å². The standard InChI is InChI=1S/C18H21NO3S/c1-13-6-4-5-7-16(13)12-18(20)19-14(2)15-8-10-17(11-9-15)23(3,21)22/h4-11,14H,12H2,1-3H3,(H,19,20). The van der Waals surface area contributed by atoms with E-state index >= 15 is 0 Å². The van der Waals surface area contributed by atoms with Gasteiger partial charge in [0.15, 0.2) is 9.84 Å². The van der Waals surface area contributed by atoms with Gasteiger partial charge < -0.3 is 5.32 Å². The molecule has 0 aliphatic rings. The first-order valence-electron chi connectivity index (χ1n) is 7.41. The molecule has 1 atom stereocenters. The van der Waals surface area contributed by atoms with Gasteiger partial charge in [-0.15, -0.1) is 0 Å². The summed E-state index contributed by atoms with van der Waals surface area (Å²) in [5.74, 6) is -0.0565. The van der Waals surface area contributed by atoms with Gasteiger partial charge in [0.25, 0.3) is 0 Å². The Morgan fingerprint density at radius 1 is 1.09 bits per heavy atom. The third kappa shape index (κ3) is 4.66. The molecule has 0 spiro atoms. The average Bonchev–Trinajstić information content (AvgIpc) is 2.49. The van der Waals surface area contributed by atoms with Crippen LogP contribution in [-0.4, -0.2) is 20.6 Å². The van der Waals surface area contributed by atoms with Crippen LogP contribution in [0.2, 0.25) is 0 Å². The van der Waals surface area contributed by atoms with Crippen molar-refractivity contribution in [3.63, 3.8) is 0 Å². The van der Waals surface area contributed by atoms with Crippen molar-refractivity contribution in [2.45, 2.75) is 31.2 Å². The quantitative estimate of drug-likeness (QED) is 0.916. The highest BCUT2D eigenvalue weighted by Gasteiger charge is 2.12. The highest BCUT2D eigenvalue weighted by Crippen LogP contribution is 2.16. The molecule has 0 saturated carbocycles. The molecule has 4 nitrogen and oxygen atoms in total. The Morgan fingerprint density at radius 3 is 2.26 bits per heavy atom. The summed E-state index contributed by atoms with van der Waals surface area (Å²) in [7, 11) is -3.20. The molecule has 122 valence electrons. The summed E-state index contributed by atoms with van der Waals surface area (Å²) in [4.78, 5) is 12.4. The Bertz CT molecular complexity index is 795. The van der Waals surface area contributed by atoms with Crippen molar-refractivity contribution in [3.8, 4) is 0 Å². The third-order valence-electron chi connectivity index (χ3n) is 3.80. The van der Waals surface area contributed by atoms with Crippen molar-refractivity contribution in [2.75, 3.05) is 6.26 Å². The first-order valence-corrected chi connectivity index (χ1v) is 9.30. The number of rotatable bonds is 5. The molecule has 2 aromatic carbocycles. The Kier molecular flexibility index (Phi) is 5.21. The second-order valence-electron chi connectivity index (χ2n) is 5.73. The number of amides is 1. The zero-order valence-electron chi connectivity index (χ0n) is 13.5. The van der Waals surface area contributed by atoms with Gasteiger partial charge in [0.1, 0.15) is 0 Å². The maximum Gasteiger partial charge on any atom is 0.224 e. The van der Waals surface area contributed by atoms with Crippen molar-refractivity contribution in [1.82, 2.24) is 5.32 Å². The lowest BCUT2D eigenvalue weighted by molar-refractivity contribution is -0.121. The lowest BCUT2D eigenvalue weighted by Crippen LogP contribution is -2.28. The maximum absolute atomic E-state index is 12.2. The van der Waals surface area contributed by atoms with E-state index in [1.807, 2.05) is 38.1 Å².